The lowest BCUT2D eigenvalue weighted by atomic mass is 9.89. The van der Waals surface area contributed by atoms with Crippen LogP contribution < -0.4 is 5.32 Å². The van der Waals surface area contributed by atoms with Crippen molar-refractivity contribution in [2.45, 2.75) is 32.2 Å². The quantitative estimate of drug-likeness (QED) is 0.746. The molecule has 1 aliphatic heterocycles. The molecule has 0 aliphatic carbocycles. The predicted octanol–water partition coefficient (Wildman–Crippen LogP) is 3.93. The third-order valence-corrected chi connectivity index (χ3v) is 5.76. The zero-order valence-electron chi connectivity index (χ0n) is 16.3. The molecule has 0 saturated carbocycles. The zero-order valence-corrected chi connectivity index (χ0v) is 16.3. The Labute approximate surface area is 164 Å². The summed E-state index contributed by atoms with van der Waals surface area (Å²) < 4.78 is 16.4. The molecule has 3 heterocycles. The van der Waals surface area contributed by atoms with Crippen molar-refractivity contribution >= 4 is 22.5 Å². The van der Waals surface area contributed by atoms with Gasteiger partial charge in [0.2, 0.25) is 5.91 Å². The number of aryl methyl sites for hydroxylation is 1. The largest absolute Gasteiger partial charge is 0.388 e. The van der Waals surface area contributed by atoms with Crippen molar-refractivity contribution in [3.05, 3.63) is 59.8 Å². The van der Waals surface area contributed by atoms with Crippen LogP contribution in [0.25, 0.3) is 10.9 Å². The molecule has 0 unspecified atom stereocenters. The van der Waals surface area contributed by atoms with Gasteiger partial charge in [0.15, 0.2) is 0 Å². The van der Waals surface area contributed by atoms with Crippen LogP contribution in [0.15, 0.2) is 42.9 Å². The van der Waals surface area contributed by atoms with Crippen LogP contribution in [0.3, 0.4) is 0 Å². The van der Waals surface area contributed by atoms with Crippen LogP contribution in [-0.4, -0.2) is 40.5 Å². The molecular formula is C22H25FN4O. The first-order valence-corrected chi connectivity index (χ1v) is 9.71. The summed E-state index contributed by atoms with van der Waals surface area (Å²) in [5, 5.41) is 4.04. The Morgan fingerprint density at radius 2 is 2.07 bits per heavy atom. The van der Waals surface area contributed by atoms with Gasteiger partial charge in [-0.3, -0.25) is 9.78 Å². The lowest BCUT2D eigenvalue weighted by Crippen LogP contribution is -2.39. The molecule has 2 aromatic heterocycles. The van der Waals surface area contributed by atoms with Gasteiger partial charge in [0.05, 0.1) is 5.52 Å². The van der Waals surface area contributed by atoms with E-state index in [4.69, 9.17) is 0 Å². The van der Waals surface area contributed by atoms with Crippen LogP contribution >= 0.6 is 0 Å². The summed E-state index contributed by atoms with van der Waals surface area (Å²) >= 11 is 0. The Bertz CT molecular complexity index is 1000. The smallest absolute Gasteiger partial charge is 0.242 e. The summed E-state index contributed by atoms with van der Waals surface area (Å²) in [7, 11) is 1.78. The number of rotatable bonds is 4. The molecule has 0 radical (unpaired) electrons. The highest BCUT2D eigenvalue weighted by atomic mass is 19.1. The third kappa shape index (κ3) is 3.46. The van der Waals surface area contributed by atoms with Crippen LogP contribution in [0.1, 0.15) is 29.9 Å². The molecule has 1 aliphatic rings. The number of nitrogens with zero attached hydrogens (tertiary/aromatic N) is 3. The van der Waals surface area contributed by atoms with Crippen molar-refractivity contribution < 1.29 is 9.18 Å². The van der Waals surface area contributed by atoms with Gasteiger partial charge in [-0.05, 0) is 55.0 Å². The molecule has 5 nitrogen and oxygen atoms in total. The number of benzene rings is 1. The molecule has 0 spiro atoms. The minimum atomic E-state index is -0.167. The highest BCUT2D eigenvalue weighted by molar-refractivity contribution is 5.85. The number of hydrogen-bond donors (Lipinski definition) is 1. The maximum absolute atomic E-state index is 14.4. The molecule has 0 atom stereocenters. The number of carbonyl (C=O) groups excluding carboxylic acids is 1. The van der Waals surface area contributed by atoms with E-state index in [1.54, 1.807) is 19.3 Å². The van der Waals surface area contributed by atoms with E-state index >= 15 is 0 Å². The Hall–Kier alpha value is -2.89. The van der Waals surface area contributed by atoms with Gasteiger partial charge in [-0.1, -0.05) is 6.07 Å². The Morgan fingerprint density at radius 1 is 1.29 bits per heavy atom. The Kier molecular flexibility index (Phi) is 5.03. The van der Waals surface area contributed by atoms with E-state index in [1.807, 2.05) is 47.0 Å². The molecule has 6 heteroatoms. The normalized spacial score (nSPS) is 15.2. The van der Waals surface area contributed by atoms with Gasteiger partial charge in [-0.25, -0.2) is 4.39 Å². The Balaban J connectivity index is 1.41. The summed E-state index contributed by atoms with van der Waals surface area (Å²) in [6.07, 6.45) is 7.18. The molecule has 1 fully saturated rings. The predicted molar refractivity (Wildman–Crippen MR) is 109 cm³/mol. The van der Waals surface area contributed by atoms with Gasteiger partial charge in [-0.2, -0.15) is 0 Å². The number of pyridine rings is 1. The summed E-state index contributed by atoms with van der Waals surface area (Å²) in [5.41, 5.74) is 3.68. The number of carbonyl (C=O) groups is 1. The van der Waals surface area contributed by atoms with E-state index in [0.717, 1.165) is 40.6 Å². The topological polar surface area (TPSA) is 50.2 Å². The number of fused-ring (bicyclic) bond motifs is 1. The maximum atomic E-state index is 14.4. The molecular weight excluding hydrogens is 355 g/mol. The Morgan fingerprint density at radius 3 is 2.79 bits per heavy atom. The second-order valence-corrected chi connectivity index (χ2v) is 7.47. The summed E-state index contributed by atoms with van der Waals surface area (Å²) in [6, 6.07) is 7.26. The van der Waals surface area contributed by atoms with E-state index in [9.17, 15) is 9.18 Å². The number of nitrogens with one attached hydrogen (secondary N) is 1. The number of likely N-dealkylation sites (tertiary alicyclic amines) is 1. The lowest BCUT2D eigenvalue weighted by Gasteiger charge is -2.32. The van der Waals surface area contributed by atoms with E-state index in [1.165, 1.54) is 0 Å². The van der Waals surface area contributed by atoms with Crippen molar-refractivity contribution in [3.8, 4) is 0 Å². The monoisotopic (exact) mass is 380 g/mol. The van der Waals surface area contributed by atoms with Gasteiger partial charge in [0.1, 0.15) is 12.4 Å². The van der Waals surface area contributed by atoms with Crippen molar-refractivity contribution in [1.29, 1.82) is 0 Å². The van der Waals surface area contributed by atoms with E-state index in [-0.39, 0.29) is 17.6 Å². The zero-order chi connectivity index (χ0) is 19.7. The first-order valence-electron chi connectivity index (χ1n) is 9.71. The summed E-state index contributed by atoms with van der Waals surface area (Å²) in [6.45, 7) is 3.68. The van der Waals surface area contributed by atoms with Crippen LogP contribution in [0, 0.1) is 12.7 Å². The van der Waals surface area contributed by atoms with Gasteiger partial charge in [0, 0.05) is 49.8 Å². The average Bonchev–Trinajstić information content (AvgIpc) is 3.03. The van der Waals surface area contributed by atoms with Gasteiger partial charge in [-0.15, -0.1) is 0 Å². The van der Waals surface area contributed by atoms with Crippen molar-refractivity contribution in [3.63, 3.8) is 0 Å². The molecule has 1 amide bonds. The molecule has 1 aromatic carbocycles. The van der Waals surface area contributed by atoms with Crippen LogP contribution in [-0.2, 0) is 11.3 Å². The number of halogens is 1. The van der Waals surface area contributed by atoms with Crippen molar-refractivity contribution in [1.82, 2.24) is 14.5 Å². The lowest BCUT2D eigenvalue weighted by molar-refractivity contribution is -0.132. The SMILES string of the molecule is CNc1ccc(C2CCN(C(=O)Cn3cc(C)c4cnccc43)CC2)c(F)c1. The highest BCUT2D eigenvalue weighted by Gasteiger charge is 2.26. The fraction of sp³-hybridized carbons (Fsp3) is 0.364. The minimum absolute atomic E-state index is 0.109. The van der Waals surface area contributed by atoms with E-state index in [0.29, 0.717) is 19.6 Å². The van der Waals surface area contributed by atoms with E-state index in [2.05, 4.69) is 10.3 Å². The van der Waals surface area contributed by atoms with Crippen LogP contribution in [0.4, 0.5) is 10.1 Å². The minimum Gasteiger partial charge on any atom is -0.388 e. The van der Waals surface area contributed by atoms with Crippen molar-refractivity contribution in [2.75, 3.05) is 25.5 Å². The second-order valence-electron chi connectivity index (χ2n) is 7.47. The number of aromatic nitrogens is 2. The first kappa shape index (κ1) is 18.5. The van der Waals surface area contributed by atoms with Crippen molar-refractivity contribution in [2.24, 2.45) is 0 Å². The molecule has 28 heavy (non-hydrogen) atoms. The average molecular weight is 380 g/mol. The number of hydrogen-bond acceptors (Lipinski definition) is 3. The maximum Gasteiger partial charge on any atom is 0.242 e. The fourth-order valence-electron chi connectivity index (χ4n) is 4.14. The summed E-state index contributed by atoms with van der Waals surface area (Å²) in [4.78, 5) is 18.9. The number of anilines is 1. The van der Waals surface area contributed by atoms with Crippen LogP contribution in [0.5, 0.6) is 0 Å². The number of piperidine rings is 1. The van der Waals surface area contributed by atoms with E-state index < -0.39 is 0 Å². The molecule has 3 aromatic rings. The molecule has 1 N–H and O–H groups in total. The first-order chi connectivity index (χ1) is 13.6. The second kappa shape index (κ2) is 7.62. The molecule has 1 saturated heterocycles. The third-order valence-electron chi connectivity index (χ3n) is 5.76. The molecule has 0 bridgehead atoms. The molecule has 146 valence electrons. The molecule has 4 rings (SSSR count). The standard InChI is InChI=1S/C22H25FN4O/c1-15-13-27(21-5-8-25-12-19(15)21)14-22(28)26-9-6-16(7-10-26)18-4-3-17(24-2)11-20(18)23/h3-5,8,11-13,16,24H,6-7,9-10,14H2,1-2H3. The fourth-order valence-corrected chi connectivity index (χ4v) is 4.14. The van der Waals surface area contributed by atoms with Crippen LogP contribution in [0.2, 0.25) is 0 Å². The number of amides is 1. The van der Waals surface area contributed by atoms with Gasteiger partial charge < -0.3 is 14.8 Å². The van der Waals surface area contributed by atoms with Gasteiger partial charge in [0.25, 0.3) is 0 Å². The highest BCUT2D eigenvalue weighted by Crippen LogP contribution is 2.31. The van der Waals surface area contributed by atoms with Gasteiger partial charge >= 0.3 is 0 Å². The summed E-state index contributed by atoms with van der Waals surface area (Å²) in [5.74, 6) is 0.105.